The molecular formula is C12H17Cl2NO. The molecule has 0 saturated carbocycles. The zero-order valence-electron chi connectivity index (χ0n) is 9.29. The average molecular weight is 262 g/mol. The molecule has 1 aromatic carbocycles. The summed E-state index contributed by atoms with van der Waals surface area (Å²) < 4.78 is 0. The maximum absolute atomic E-state index is 9.57. The molecule has 1 rings (SSSR count). The minimum atomic E-state index is -0.475. The number of hydrogen-bond donors (Lipinski definition) is 2. The van der Waals surface area contributed by atoms with Crippen molar-refractivity contribution in [3.63, 3.8) is 0 Å². The summed E-state index contributed by atoms with van der Waals surface area (Å²) in [6.45, 7) is 2.35. The number of nitrogens with two attached hydrogens (primary N) is 1. The second kappa shape index (κ2) is 6.45. The van der Waals surface area contributed by atoms with Crippen molar-refractivity contribution in [2.75, 3.05) is 6.54 Å². The minimum absolute atomic E-state index is 0.225. The van der Waals surface area contributed by atoms with Crippen molar-refractivity contribution in [3.05, 3.63) is 33.8 Å². The number of benzene rings is 1. The highest BCUT2D eigenvalue weighted by atomic mass is 35.5. The van der Waals surface area contributed by atoms with Gasteiger partial charge in [-0.15, -0.1) is 0 Å². The van der Waals surface area contributed by atoms with Crippen molar-refractivity contribution in [3.8, 4) is 0 Å². The van der Waals surface area contributed by atoms with Crippen LogP contribution < -0.4 is 5.73 Å². The van der Waals surface area contributed by atoms with E-state index in [1.165, 1.54) is 0 Å². The van der Waals surface area contributed by atoms with Gasteiger partial charge in [-0.05, 0) is 36.5 Å². The fourth-order valence-electron chi connectivity index (χ4n) is 1.77. The molecule has 0 aromatic heterocycles. The average Bonchev–Trinajstić information content (AvgIpc) is 2.26. The van der Waals surface area contributed by atoms with Crippen LogP contribution in [0.2, 0.25) is 10.0 Å². The summed E-state index contributed by atoms with van der Waals surface area (Å²) in [5.41, 5.74) is 6.44. The molecular weight excluding hydrogens is 245 g/mol. The first kappa shape index (κ1) is 13.8. The van der Waals surface area contributed by atoms with E-state index in [0.29, 0.717) is 16.5 Å². The van der Waals surface area contributed by atoms with Gasteiger partial charge >= 0.3 is 0 Å². The topological polar surface area (TPSA) is 46.2 Å². The summed E-state index contributed by atoms with van der Waals surface area (Å²) in [6.07, 6.45) is 1.07. The van der Waals surface area contributed by atoms with Gasteiger partial charge in [0.2, 0.25) is 0 Å². The Morgan fingerprint density at radius 3 is 2.56 bits per heavy atom. The molecule has 2 nitrogen and oxygen atoms in total. The second-order valence-corrected chi connectivity index (χ2v) is 4.74. The normalized spacial score (nSPS) is 14.8. The first-order chi connectivity index (χ1) is 7.58. The SMILES string of the molecule is CCC(CC(O)CN)c1ccc(Cl)cc1Cl. The molecule has 0 heterocycles. The monoisotopic (exact) mass is 261 g/mol. The highest BCUT2D eigenvalue weighted by Crippen LogP contribution is 2.32. The zero-order chi connectivity index (χ0) is 12.1. The van der Waals surface area contributed by atoms with Crippen molar-refractivity contribution in [2.24, 2.45) is 5.73 Å². The lowest BCUT2D eigenvalue weighted by atomic mass is 9.91. The Balaban J connectivity index is 2.86. The molecule has 2 atom stereocenters. The van der Waals surface area contributed by atoms with Gasteiger partial charge in [0.15, 0.2) is 0 Å². The van der Waals surface area contributed by atoms with E-state index in [1.807, 2.05) is 12.1 Å². The third-order valence-corrected chi connectivity index (χ3v) is 3.29. The van der Waals surface area contributed by atoms with Gasteiger partial charge < -0.3 is 10.8 Å². The number of aliphatic hydroxyl groups excluding tert-OH is 1. The molecule has 0 amide bonds. The van der Waals surface area contributed by atoms with Crippen LogP contribution in [0, 0.1) is 0 Å². The van der Waals surface area contributed by atoms with Gasteiger partial charge in [0.25, 0.3) is 0 Å². The molecule has 1 aromatic rings. The Morgan fingerprint density at radius 1 is 1.38 bits per heavy atom. The Labute approximate surface area is 106 Å². The molecule has 2 unspecified atom stereocenters. The van der Waals surface area contributed by atoms with Crippen molar-refractivity contribution < 1.29 is 5.11 Å². The van der Waals surface area contributed by atoms with Crippen molar-refractivity contribution in [1.82, 2.24) is 0 Å². The first-order valence-corrected chi connectivity index (χ1v) is 6.17. The standard InChI is InChI=1S/C12H17Cl2NO/c1-2-8(5-10(16)7-15)11-4-3-9(13)6-12(11)14/h3-4,6,8,10,16H,2,5,7,15H2,1H3. The van der Waals surface area contributed by atoms with Gasteiger partial charge in [-0.2, -0.15) is 0 Å². The quantitative estimate of drug-likeness (QED) is 0.855. The third kappa shape index (κ3) is 3.63. The lowest BCUT2D eigenvalue weighted by molar-refractivity contribution is 0.162. The van der Waals surface area contributed by atoms with Gasteiger partial charge in [-0.25, -0.2) is 0 Å². The molecule has 0 radical (unpaired) electrons. The molecule has 90 valence electrons. The van der Waals surface area contributed by atoms with Crippen LogP contribution in [0.5, 0.6) is 0 Å². The van der Waals surface area contributed by atoms with Crippen molar-refractivity contribution in [2.45, 2.75) is 31.8 Å². The van der Waals surface area contributed by atoms with Crippen LogP contribution in [0.1, 0.15) is 31.2 Å². The zero-order valence-corrected chi connectivity index (χ0v) is 10.8. The highest BCUT2D eigenvalue weighted by molar-refractivity contribution is 6.35. The molecule has 0 saturated heterocycles. The molecule has 0 bridgehead atoms. The Kier molecular flexibility index (Phi) is 5.56. The van der Waals surface area contributed by atoms with Crippen LogP contribution in [0.3, 0.4) is 0 Å². The van der Waals surface area contributed by atoms with Crippen molar-refractivity contribution in [1.29, 1.82) is 0 Å². The molecule has 4 heteroatoms. The molecule has 0 aliphatic carbocycles. The smallest absolute Gasteiger partial charge is 0.0668 e. The maximum Gasteiger partial charge on any atom is 0.0668 e. The second-order valence-electron chi connectivity index (χ2n) is 3.90. The molecule has 3 N–H and O–H groups in total. The van der Waals surface area contributed by atoms with Crippen molar-refractivity contribution >= 4 is 23.2 Å². The van der Waals surface area contributed by atoms with E-state index >= 15 is 0 Å². The van der Waals surface area contributed by atoms with Crippen LogP contribution in [0.4, 0.5) is 0 Å². The molecule has 16 heavy (non-hydrogen) atoms. The maximum atomic E-state index is 9.57. The van der Waals surface area contributed by atoms with E-state index in [1.54, 1.807) is 6.07 Å². The summed E-state index contributed by atoms with van der Waals surface area (Å²) in [5, 5.41) is 10.9. The van der Waals surface area contributed by atoms with E-state index in [4.69, 9.17) is 28.9 Å². The van der Waals surface area contributed by atoms with Gasteiger partial charge in [-0.3, -0.25) is 0 Å². The predicted octanol–water partition coefficient (Wildman–Crippen LogP) is 3.20. The first-order valence-electron chi connectivity index (χ1n) is 5.41. The van der Waals surface area contributed by atoms with Crippen LogP contribution in [0.25, 0.3) is 0 Å². The van der Waals surface area contributed by atoms with Crippen LogP contribution in [-0.4, -0.2) is 17.8 Å². The van der Waals surface area contributed by atoms with E-state index in [-0.39, 0.29) is 12.5 Å². The van der Waals surface area contributed by atoms with E-state index in [0.717, 1.165) is 12.0 Å². The van der Waals surface area contributed by atoms with Gasteiger partial charge in [0, 0.05) is 16.6 Å². The summed E-state index contributed by atoms with van der Waals surface area (Å²) in [6, 6.07) is 5.47. The Bertz CT molecular complexity index is 344. The predicted molar refractivity (Wildman–Crippen MR) is 69.2 cm³/mol. The molecule has 0 aliphatic rings. The summed E-state index contributed by atoms with van der Waals surface area (Å²) in [5.74, 6) is 0.225. The van der Waals surface area contributed by atoms with E-state index in [9.17, 15) is 5.11 Å². The number of hydrogen-bond acceptors (Lipinski definition) is 2. The number of halogens is 2. The summed E-state index contributed by atoms with van der Waals surface area (Å²) >= 11 is 12.0. The fourth-order valence-corrected chi connectivity index (χ4v) is 2.33. The van der Waals surface area contributed by atoms with Gasteiger partial charge in [-0.1, -0.05) is 36.2 Å². The molecule has 0 fully saturated rings. The summed E-state index contributed by atoms with van der Waals surface area (Å²) in [7, 11) is 0. The van der Waals surface area contributed by atoms with Gasteiger partial charge in [0.05, 0.1) is 6.10 Å². The Hall–Kier alpha value is -0.280. The van der Waals surface area contributed by atoms with E-state index in [2.05, 4.69) is 6.92 Å². The lowest BCUT2D eigenvalue weighted by Gasteiger charge is -2.19. The highest BCUT2D eigenvalue weighted by Gasteiger charge is 2.16. The molecule has 0 spiro atoms. The van der Waals surface area contributed by atoms with Gasteiger partial charge in [0.1, 0.15) is 0 Å². The lowest BCUT2D eigenvalue weighted by Crippen LogP contribution is -2.22. The third-order valence-electron chi connectivity index (χ3n) is 2.72. The van der Waals surface area contributed by atoms with E-state index < -0.39 is 6.10 Å². The van der Waals surface area contributed by atoms with Crippen LogP contribution in [0.15, 0.2) is 18.2 Å². The summed E-state index contributed by atoms with van der Waals surface area (Å²) in [4.78, 5) is 0. The van der Waals surface area contributed by atoms with Crippen LogP contribution in [-0.2, 0) is 0 Å². The van der Waals surface area contributed by atoms with Crippen LogP contribution >= 0.6 is 23.2 Å². The largest absolute Gasteiger partial charge is 0.392 e. The fraction of sp³-hybridized carbons (Fsp3) is 0.500. The molecule has 0 aliphatic heterocycles. The number of rotatable bonds is 5. The Morgan fingerprint density at radius 2 is 2.06 bits per heavy atom. The minimum Gasteiger partial charge on any atom is -0.392 e. The number of aliphatic hydroxyl groups is 1.